The topological polar surface area (TPSA) is 87.7 Å². The first-order valence-corrected chi connectivity index (χ1v) is 7.58. The molecule has 0 amide bonds. The second-order valence-corrected chi connectivity index (χ2v) is 6.82. The van der Waals surface area contributed by atoms with E-state index in [1.54, 1.807) is 0 Å². The molecule has 0 radical (unpaired) electrons. The number of halogens is 1. The molecule has 0 aliphatic carbocycles. The fourth-order valence-corrected chi connectivity index (χ4v) is 3.02. The standard InChI is InChI=1S/C10H14BrO5P/c1-6(2)5-7(11)9(12)10-8(3-4-16-10)17(13,14)15/h3-4,6-7H,5H2,1-2H3,(H2,13,14,15). The van der Waals surface area contributed by atoms with Crippen molar-refractivity contribution in [1.29, 1.82) is 0 Å². The summed E-state index contributed by atoms with van der Waals surface area (Å²) in [6.45, 7) is 3.90. The van der Waals surface area contributed by atoms with E-state index in [0.29, 0.717) is 6.42 Å². The number of ketones is 1. The molecule has 1 aromatic heterocycles. The molecule has 1 rings (SSSR count). The van der Waals surface area contributed by atoms with Crippen molar-refractivity contribution in [1.82, 2.24) is 0 Å². The van der Waals surface area contributed by atoms with E-state index in [1.165, 1.54) is 0 Å². The Bertz CT molecular complexity index is 447. The van der Waals surface area contributed by atoms with Crippen molar-refractivity contribution in [2.75, 3.05) is 0 Å². The van der Waals surface area contributed by atoms with Crippen LogP contribution in [0.5, 0.6) is 0 Å². The van der Waals surface area contributed by atoms with Gasteiger partial charge in [-0.15, -0.1) is 0 Å². The lowest BCUT2D eigenvalue weighted by atomic mass is 10.0. The lowest BCUT2D eigenvalue weighted by Crippen LogP contribution is -2.21. The van der Waals surface area contributed by atoms with Gasteiger partial charge in [0.2, 0.25) is 5.78 Å². The van der Waals surface area contributed by atoms with Crippen molar-refractivity contribution in [3.63, 3.8) is 0 Å². The number of rotatable bonds is 5. The number of hydrogen-bond acceptors (Lipinski definition) is 3. The molecule has 5 nitrogen and oxygen atoms in total. The van der Waals surface area contributed by atoms with Crippen LogP contribution in [0.2, 0.25) is 0 Å². The van der Waals surface area contributed by atoms with Gasteiger partial charge in [-0.1, -0.05) is 29.8 Å². The molecular weight excluding hydrogens is 311 g/mol. The molecule has 96 valence electrons. The first kappa shape index (κ1) is 14.6. The first-order valence-electron chi connectivity index (χ1n) is 5.05. The molecule has 1 atom stereocenters. The van der Waals surface area contributed by atoms with E-state index < -0.39 is 18.2 Å². The zero-order chi connectivity index (χ0) is 13.2. The van der Waals surface area contributed by atoms with E-state index in [1.807, 2.05) is 13.8 Å². The highest BCUT2D eigenvalue weighted by molar-refractivity contribution is 9.10. The summed E-state index contributed by atoms with van der Waals surface area (Å²) >= 11 is 3.20. The normalized spacial score (nSPS) is 14.0. The first-order chi connectivity index (χ1) is 7.73. The van der Waals surface area contributed by atoms with E-state index in [9.17, 15) is 9.36 Å². The van der Waals surface area contributed by atoms with Crippen LogP contribution >= 0.6 is 23.5 Å². The third-order valence-corrected chi connectivity index (χ3v) is 3.91. The van der Waals surface area contributed by atoms with Gasteiger partial charge in [-0.2, -0.15) is 0 Å². The molecule has 0 saturated carbocycles. The Hall–Kier alpha value is -0.420. The van der Waals surface area contributed by atoms with E-state index >= 15 is 0 Å². The zero-order valence-electron chi connectivity index (χ0n) is 9.46. The second-order valence-electron chi connectivity index (χ2n) is 4.14. The predicted molar refractivity (Wildman–Crippen MR) is 66.9 cm³/mol. The van der Waals surface area contributed by atoms with Gasteiger partial charge in [0.25, 0.3) is 0 Å². The molecule has 1 aromatic rings. The molecule has 1 unspecified atom stereocenters. The number of furan rings is 1. The molecule has 0 bridgehead atoms. The van der Waals surface area contributed by atoms with Gasteiger partial charge in [0, 0.05) is 0 Å². The van der Waals surface area contributed by atoms with Crippen LogP contribution in [0.15, 0.2) is 16.7 Å². The Morgan fingerprint density at radius 1 is 1.53 bits per heavy atom. The number of Topliss-reactive ketones (excluding diaryl/α,β-unsaturated/α-hetero) is 1. The predicted octanol–water partition coefficient (Wildman–Crippen LogP) is 2.07. The van der Waals surface area contributed by atoms with Crippen LogP contribution in [0.25, 0.3) is 0 Å². The van der Waals surface area contributed by atoms with Gasteiger partial charge in [-0.3, -0.25) is 9.36 Å². The van der Waals surface area contributed by atoms with Gasteiger partial charge < -0.3 is 14.2 Å². The van der Waals surface area contributed by atoms with E-state index in [0.717, 1.165) is 12.3 Å². The highest BCUT2D eigenvalue weighted by atomic mass is 79.9. The molecule has 0 aliphatic heterocycles. The van der Waals surface area contributed by atoms with E-state index in [-0.39, 0.29) is 17.0 Å². The van der Waals surface area contributed by atoms with Crippen LogP contribution in [0, 0.1) is 5.92 Å². The van der Waals surface area contributed by atoms with Gasteiger partial charge >= 0.3 is 7.60 Å². The molecule has 1 heterocycles. The minimum atomic E-state index is -4.47. The molecule has 0 fully saturated rings. The quantitative estimate of drug-likeness (QED) is 0.492. The SMILES string of the molecule is CC(C)CC(Br)C(=O)c1occc1P(=O)(O)O. The fraction of sp³-hybridized carbons (Fsp3) is 0.500. The van der Waals surface area contributed by atoms with Crippen LogP contribution in [-0.2, 0) is 4.57 Å². The summed E-state index contributed by atoms with van der Waals surface area (Å²) in [6.07, 6.45) is 1.68. The van der Waals surface area contributed by atoms with Gasteiger partial charge in [-0.05, 0) is 18.4 Å². The smallest absolute Gasteiger partial charge is 0.360 e. The van der Waals surface area contributed by atoms with Crippen LogP contribution in [-0.4, -0.2) is 20.4 Å². The summed E-state index contributed by atoms with van der Waals surface area (Å²) in [5.74, 6) is -0.417. The van der Waals surface area contributed by atoms with Gasteiger partial charge in [0.15, 0.2) is 5.76 Å². The number of carbonyl (C=O) groups excluding carboxylic acids is 1. The van der Waals surface area contributed by atoms with Crippen molar-refractivity contribution in [2.24, 2.45) is 5.92 Å². The monoisotopic (exact) mass is 324 g/mol. The molecule has 17 heavy (non-hydrogen) atoms. The Labute approximate surface area is 107 Å². The Balaban J connectivity index is 2.98. The average Bonchev–Trinajstić information content (AvgIpc) is 2.62. The second kappa shape index (κ2) is 5.48. The highest BCUT2D eigenvalue weighted by Gasteiger charge is 2.31. The van der Waals surface area contributed by atoms with Crippen LogP contribution in [0.4, 0.5) is 0 Å². The molecule has 0 saturated heterocycles. The van der Waals surface area contributed by atoms with Crippen molar-refractivity contribution in [3.05, 3.63) is 18.1 Å². The fourth-order valence-electron chi connectivity index (χ4n) is 1.38. The molecule has 2 N–H and O–H groups in total. The third-order valence-electron chi connectivity index (χ3n) is 2.14. The maximum atomic E-state index is 11.9. The number of carbonyl (C=O) groups is 1. The van der Waals surface area contributed by atoms with Crippen molar-refractivity contribution >= 4 is 34.6 Å². The largest absolute Gasteiger partial charge is 0.460 e. The average molecular weight is 325 g/mol. The molecule has 0 aliphatic rings. The van der Waals surface area contributed by atoms with Gasteiger partial charge in [0.1, 0.15) is 5.30 Å². The van der Waals surface area contributed by atoms with Crippen LogP contribution in [0.3, 0.4) is 0 Å². The molecule has 7 heteroatoms. The third kappa shape index (κ3) is 3.78. The zero-order valence-corrected chi connectivity index (χ0v) is 11.9. The molecular formula is C10H14BrO5P. The molecule has 0 aromatic carbocycles. The Morgan fingerprint density at radius 3 is 2.59 bits per heavy atom. The van der Waals surface area contributed by atoms with Crippen molar-refractivity contribution in [3.8, 4) is 0 Å². The van der Waals surface area contributed by atoms with Crippen LogP contribution in [0.1, 0.15) is 30.8 Å². The maximum absolute atomic E-state index is 11.9. The summed E-state index contributed by atoms with van der Waals surface area (Å²) in [7, 11) is -4.47. The summed E-state index contributed by atoms with van der Waals surface area (Å²) in [5, 5.41) is -0.351. The Morgan fingerprint density at radius 2 is 2.12 bits per heavy atom. The Kier molecular flexibility index (Phi) is 4.72. The maximum Gasteiger partial charge on any atom is 0.360 e. The minimum Gasteiger partial charge on any atom is -0.460 e. The lowest BCUT2D eigenvalue weighted by molar-refractivity contribution is 0.0959. The van der Waals surface area contributed by atoms with E-state index in [4.69, 9.17) is 14.2 Å². The summed E-state index contributed by atoms with van der Waals surface area (Å²) < 4.78 is 16.0. The lowest BCUT2D eigenvalue weighted by Gasteiger charge is -2.11. The number of hydrogen-bond donors (Lipinski definition) is 2. The van der Waals surface area contributed by atoms with Crippen molar-refractivity contribution < 1.29 is 23.6 Å². The summed E-state index contributed by atoms with van der Waals surface area (Å²) in [4.78, 5) is 29.5. The highest BCUT2D eigenvalue weighted by Crippen LogP contribution is 2.35. The van der Waals surface area contributed by atoms with E-state index in [2.05, 4.69) is 15.9 Å². The minimum absolute atomic E-state index is 0.263. The summed E-state index contributed by atoms with van der Waals surface area (Å²) in [6, 6.07) is 1.13. The van der Waals surface area contributed by atoms with Crippen molar-refractivity contribution in [2.45, 2.75) is 25.1 Å². The molecule has 0 spiro atoms. The van der Waals surface area contributed by atoms with Gasteiger partial charge in [0.05, 0.1) is 11.1 Å². The van der Waals surface area contributed by atoms with Crippen LogP contribution < -0.4 is 5.30 Å². The van der Waals surface area contributed by atoms with Gasteiger partial charge in [-0.25, -0.2) is 0 Å². The number of alkyl halides is 1. The summed E-state index contributed by atoms with van der Waals surface area (Å²) in [5.41, 5.74) is 0.